The van der Waals surface area contributed by atoms with E-state index in [0.29, 0.717) is 12.1 Å². The fourth-order valence-electron chi connectivity index (χ4n) is 5.28. The van der Waals surface area contributed by atoms with Gasteiger partial charge in [-0.2, -0.15) is 0 Å². The summed E-state index contributed by atoms with van der Waals surface area (Å²) in [5.41, 5.74) is 3.65. The van der Waals surface area contributed by atoms with Gasteiger partial charge in [-0.1, -0.05) is 0 Å². The van der Waals surface area contributed by atoms with Gasteiger partial charge in [0.1, 0.15) is 17.4 Å². The number of benzene rings is 2. The number of nitrogens with zero attached hydrogens (tertiary/aromatic N) is 2. The number of halogens is 2. The van der Waals surface area contributed by atoms with Crippen molar-refractivity contribution in [3.8, 4) is 5.75 Å². The average Bonchev–Trinajstić information content (AvgIpc) is 3.02. The number of aliphatic hydroxyl groups excluding tert-OH is 1. The second-order valence-electron chi connectivity index (χ2n) is 8.48. The molecule has 2 aliphatic rings. The van der Waals surface area contributed by atoms with E-state index in [-0.39, 0.29) is 23.9 Å². The summed E-state index contributed by atoms with van der Waals surface area (Å²) in [5.74, 6) is -0.00530. The number of hydrogen-bond donors (Lipinski definition) is 2. The molecule has 5 nitrogen and oxygen atoms in total. The first-order valence-electron chi connectivity index (χ1n) is 10.1. The second kappa shape index (κ2) is 7.04. The van der Waals surface area contributed by atoms with E-state index in [2.05, 4.69) is 20.9 Å². The molecule has 1 aromatic heterocycles. The molecular formula is C23H25F2N3O2. The van der Waals surface area contributed by atoms with Gasteiger partial charge >= 0.3 is 0 Å². The number of rotatable bonds is 4. The maximum absolute atomic E-state index is 14.1. The number of hydrogen-bond acceptors (Lipinski definition) is 4. The molecule has 2 N–H and O–H groups in total. The van der Waals surface area contributed by atoms with Crippen LogP contribution in [0.3, 0.4) is 0 Å². The number of nitrogens with one attached hydrogen (secondary N) is 1. The fourth-order valence-corrected chi connectivity index (χ4v) is 5.28. The minimum absolute atomic E-state index is 0.0165. The van der Waals surface area contributed by atoms with Crippen LogP contribution in [0.1, 0.15) is 22.9 Å². The summed E-state index contributed by atoms with van der Waals surface area (Å²) < 4.78 is 35.2. The molecule has 30 heavy (non-hydrogen) atoms. The van der Waals surface area contributed by atoms with E-state index >= 15 is 0 Å². The number of methoxy groups -OCH3 is 1. The highest BCUT2D eigenvalue weighted by Crippen LogP contribution is 2.47. The van der Waals surface area contributed by atoms with Gasteiger partial charge in [0, 0.05) is 61.4 Å². The van der Waals surface area contributed by atoms with Crippen LogP contribution in [0.15, 0.2) is 36.4 Å². The minimum Gasteiger partial charge on any atom is -0.497 e. The third kappa shape index (κ3) is 2.84. The monoisotopic (exact) mass is 413 g/mol. The van der Waals surface area contributed by atoms with Gasteiger partial charge in [-0.05, 0) is 35.9 Å². The van der Waals surface area contributed by atoms with Crippen molar-refractivity contribution in [2.75, 3.05) is 33.4 Å². The summed E-state index contributed by atoms with van der Waals surface area (Å²) in [4.78, 5) is 2.14. The Morgan fingerprint density at radius 2 is 2.00 bits per heavy atom. The molecule has 0 radical (unpaired) electrons. The highest BCUT2D eigenvalue weighted by Gasteiger charge is 2.50. The maximum atomic E-state index is 14.1. The molecule has 0 bridgehead atoms. The molecule has 158 valence electrons. The summed E-state index contributed by atoms with van der Waals surface area (Å²) in [6.45, 7) is 2.61. The van der Waals surface area contributed by atoms with Gasteiger partial charge in [0.15, 0.2) is 0 Å². The predicted molar refractivity (Wildman–Crippen MR) is 111 cm³/mol. The van der Waals surface area contributed by atoms with E-state index in [9.17, 15) is 13.9 Å². The molecule has 1 saturated heterocycles. The van der Waals surface area contributed by atoms with Gasteiger partial charge in [-0.15, -0.1) is 0 Å². The van der Waals surface area contributed by atoms with Gasteiger partial charge in [0.25, 0.3) is 0 Å². The Labute approximate surface area is 173 Å². The number of likely N-dealkylation sites (tertiary alicyclic amines) is 1. The van der Waals surface area contributed by atoms with E-state index in [1.165, 1.54) is 17.7 Å². The van der Waals surface area contributed by atoms with Gasteiger partial charge in [0.05, 0.1) is 25.3 Å². The lowest BCUT2D eigenvalue weighted by atomic mass is 9.69. The highest BCUT2D eigenvalue weighted by atomic mass is 19.1. The largest absolute Gasteiger partial charge is 0.497 e. The van der Waals surface area contributed by atoms with Crippen LogP contribution in [-0.4, -0.2) is 47.9 Å². The molecule has 0 saturated carbocycles. The van der Waals surface area contributed by atoms with Crippen molar-refractivity contribution in [3.05, 3.63) is 64.9 Å². The van der Waals surface area contributed by atoms with E-state index < -0.39 is 5.82 Å². The quantitative estimate of drug-likeness (QED) is 0.691. The molecule has 3 heterocycles. The third-order valence-corrected chi connectivity index (χ3v) is 6.64. The van der Waals surface area contributed by atoms with Crippen LogP contribution in [0.4, 0.5) is 8.78 Å². The van der Waals surface area contributed by atoms with E-state index in [1.807, 2.05) is 19.2 Å². The summed E-state index contributed by atoms with van der Waals surface area (Å²) in [6.07, 6.45) is 0. The first kappa shape index (κ1) is 19.5. The van der Waals surface area contributed by atoms with Gasteiger partial charge < -0.3 is 19.7 Å². The lowest BCUT2D eigenvalue weighted by molar-refractivity contribution is 0.0434. The summed E-state index contributed by atoms with van der Waals surface area (Å²) in [5, 5.41) is 14.6. The molecule has 1 atom stereocenters. The Balaban J connectivity index is 1.52. The van der Waals surface area contributed by atoms with Crippen molar-refractivity contribution in [3.63, 3.8) is 0 Å². The molecule has 0 aliphatic carbocycles. The molecule has 0 unspecified atom stereocenters. The molecule has 0 amide bonds. The Morgan fingerprint density at radius 1 is 1.20 bits per heavy atom. The Hall–Kier alpha value is -2.48. The van der Waals surface area contributed by atoms with Crippen molar-refractivity contribution in [1.82, 2.24) is 14.8 Å². The highest BCUT2D eigenvalue weighted by molar-refractivity contribution is 5.89. The van der Waals surface area contributed by atoms with Crippen molar-refractivity contribution in [1.29, 1.82) is 0 Å². The zero-order chi connectivity index (χ0) is 21.0. The number of aliphatic hydroxyl groups is 1. The van der Waals surface area contributed by atoms with Crippen LogP contribution in [0.2, 0.25) is 0 Å². The first-order chi connectivity index (χ1) is 14.5. The zero-order valence-corrected chi connectivity index (χ0v) is 17.1. The normalized spacial score (nSPS) is 20.4. The summed E-state index contributed by atoms with van der Waals surface area (Å²) in [6, 6.07) is 9.54. The lowest BCUT2D eigenvalue weighted by Gasteiger charge is -2.54. The Kier molecular flexibility index (Phi) is 4.57. The van der Waals surface area contributed by atoms with Crippen molar-refractivity contribution < 1.29 is 18.6 Å². The Bertz CT molecular complexity index is 1120. The minimum atomic E-state index is -0.419. The summed E-state index contributed by atoms with van der Waals surface area (Å²) >= 11 is 0. The van der Waals surface area contributed by atoms with Crippen molar-refractivity contribution in [2.45, 2.75) is 18.0 Å². The molecular weight excluding hydrogens is 388 g/mol. The predicted octanol–water partition coefficient (Wildman–Crippen LogP) is 2.86. The van der Waals surface area contributed by atoms with Crippen LogP contribution >= 0.6 is 0 Å². The number of aryl methyl sites for hydroxylation is 1. The van der Waals surface area contributed by atoms with Crippen LogP contribution in [-0.2, 0) is 19.0 Å². The molecule has 7 heteroatoms. The van der Waals surface area contributed by atoms with Gasteiger partial charge in [-0.3, -0.25) is 4.90 Å². The van der Waals surface area contributed by atoms with Crippen LogP contribution in [0.5, 0.6) is 5.75 Å². The van der Waals surface area contributed by atoms with E-state index in [1.54, 1.807) is 7.11 Å². The van der Waals surface area contributed by atoms with Gasteiger partial charge in [0.2, 0.25) is 0 Å². The standard InChI is InChI=1S/C23H25F2N3O2/c1-27-20-8-16(30-2)4-5-17(20)21-22(27)19(10-29)26-11-23(21)12-28(13-23)9-14-7-15(24)3-6-18(14)25/h3-8,19,26,29H,9-13H2,1-2H3/t19-/m1/s1. The van der Waals surface area contributed by atoms with Crippen LogP contribution < -0.4 is 10.1 Å². The number of aromatic nitrogens is 1. The van der Waals surface area contributed by atoms with E-state index in [4.69, 9.17) is 4.74 Å². The first-order valence-corrected chi connectivity index (χ1v) is 10.1. The number of fused-ring (bicyclic) bond motifs is 4. The third-order valence-electron chi connectivity index (χ3n) is 6.64. The van der Waals surface area contributed by atoms with Gasteiger partial charge in [-0.25, -0.2) is 8.78 Å². The molecule has 3 aromatic rings. The topological polar surface area (TPSA) is 49.7 Å². The smallest absolute Gasteiger partial charge is 0.127 e. The summed E-state index contributed by atoms with van der Waals surface area (Å²) in [7, 11) is 3.67. The zero-order valence-electron chi connectivity index (χ0n) is 17.1. The van der Waals surface area contributed by atoms with E-state index in [0.717, 1.165) is 48.0 Å². The number of ether oxygens (including phenoxy) is 1. The van der Waals surface area contributed by atoms with Crippen LogP contribution in [0, 0.1) is 11.6 Å². The Morgan fingerprint density at radius 3 is 2.73 bits per heavy atom. The molecule has 2 aromatic carbocycles. The lowest BCUT2D eigenvalue weighted by Crippen LogP contribution is -2.65. The van der Waals surface area contributed by atoms with Crippen LogP contribution in [0.25, 0.3) is 10.9 Å². The molecule has 5 rings (SSSR count). The molecule has 1 spiro atoms. The maximum Gasteiger partial charge on any atom is 0.127 e. The molecule has 2 aliphatic heterocycles. The molecule has 1 fully saturated rings. The average molecular weight is 413 g/mol. The fraction of sp³-hybridized carbons (Fsp3) is 0.391. The SMILES string of the molecule is COc1ccc2c3c(n(C)c2c1)[C@@H](CO)NCC31CN(Cc2cc(F)ccc2F)C1. The van der Waals surface area contributed by atoms with Crippen molar-refractivity contribution >= 4 is 10.9 Å². The van der Waals surface area contributed by atoms with Crippen molar-refractivity contribution in [2.24, 2.45) is 7.05 Å². The second-order valence-corrected chi connectivity index (χ2v) is 8.48.